The third-order valence-corrected chi connectivity index (χ3v) is 6.53. The average Bonchev–Trinajstić information content (AvgIpc) is 3.15. The van der Waals surface area contributed by atoms with Crippen LogP contribution in [0, 0.1) is 13.8 Å². The predicted octanol–water partition coefficient (Wildman–Crippen LogP) is 6.10. The van der Waals surface area contributed by atoms with Crippen molar-refractivity contribution < 1.29 is 9.59 Å². The number of hydrogen-bond donors (Lipinski definition) is 0. The Morgan fingerprint density at radius 1 is 0.955 bits per heavy atom. The summed E-state index contributed by atoms with van der Waals surface area (Å²) in [7, 11) is 0. The lowest BCUT2D eigenvalue weighted by Gasteiger charge is -2.05. The van der Waals surface area contributed by atoms with Crippen molar-refractivity contribution in [3.8, 4) is 22.3 Å². The summed E-state index contributed by atoms with van der Waals surface area (Å²) in [5, 5.41) is 4.09. The Labute approximate surface area is 145 Å². The van der Waals surface area contributed by atoms with Gasteiger partial charge in [-0.25, -0.2) is 0 Å². The molecule has 3 heterocycles. The SMILES string of the molecule is Cc1sc(C=O)cc1-c1cscc1-c1c(C)sc(Cl)c1C=O. The maximum absolute atomic E-state index is 11.4. The minimum atomic E-state index is 0.523. The van der Waals surface area contributed by atoms with Gasteiger partial charge >= 0.3 is 0 Å². The number of hydrogen-bond acceptors (Lipinski definition) is 5. The molecule has 112 valence electrons. The van der Waals surface area contributed by atoms with Crippen LogP contribution >= 0.6 is 45.6 Å². The van der Waals surface area contributed by atoms with Gasteiger partial charge in [-0.05, 0) is 36.2 Å². The van der Waals surface area contributed by atoms with Crippen LogP contribution in [0.5, 0.6) is 0 Å². The monoisotopic (exact) mass is 366 g/mol. The Morgan fingerprint density at radius 2 is 1.68 bits per heavy atom. The molecule has 0 amide bonds. The Bertz CT molecular complexity index is 870. The van der Waals surface area contributed by atoms with Crippen molar-refractivity contribution in [2.24, 2.45) is 0 Å². The summed E-state index contributed by atoms with van der Waals surface area (Å²) in [6.07, 6.45) is 1.69. The average molecular weight is 367 g/mol. The van der Waals surface area contributed by atoms with Crippen molar-refractivity contribution in [3.05, 3.63) is 41.4 Å². The van der Waals surface area contributed by atoms with E-state index in [1.165, 1.54) is 22.7 Å². The van der Waals surface area contributed by atoms with Crippen LogP contribution in [0.25, 0.3) is 22.3 Å². The van der Waals surface area contributed by atoms with Crippen LogP contribution in [0.1, 0.15) is 29.8 Å². The molecule has 0 aliphatic carbocycles. The molecule has 0 fully saturated rings. The lowest BCUT2D eigenvalue weighted by molar-refractivity contribution is 0.111. The van der Waals surface area contributed by atoms with Gasteiger partial charge in [0, 0.05) is 26.4 Å². The summed E-state index contributed by atoms with van der Waals surface area (Å²) in [4.78, 5) is 25.2. The van der Waals surface area contributed by atoms with E-state index in [9.17, 15) is 9.59 Å². The normalized spacial score (nSPS) is 10.9. The summed E-state index contributed by atoms with van der Waals surface area (Å²) in [6, 6.07) is 1.91. The molecule has 0 saturated heterocycles. The number of aryl methyl sites for hydroxylation is 2. The van der Waals surface area contributed by atoms with Gasteiger partial charge in [0.1, 0.15) is 4.34 Å². The molecule has 6 heteroatoms. The van der Waals surface area contributed by atoms with Gasteiger partial charge in [0.2, 0.25) is 0 Å². The van der Waals surface area contributed by atoms with Crippen LogP contribution in [-0.2, 0) is 0 Å². The summed E-state index contributed by atoms with van der Waals surface area (Å²) in [6.45, 7) is 3.97. The van der Waals surface area contributed by atoms with E-state index in [2.05, 4.69) is 5.38 Å². The van der Waals surface area contributed by atoms with Crippen molar-refractivity contribution in [2.45, 2.75) is 13.8 Å². The molecule has 22 heavy (non-hydrogen) atoms. The minimum Gasteiger partial charge on any atom is -0.298 e. The molecule has 0 saturated carbocycles. The highest BCUT2D eigenvalue weighted by molar-refractivity contribution is 7.17. The minimum absolute atomic E-state index is 0.523. The number of aldehydes is 2. The number of halogens is 1. The second-order valence-electron chi connectivity index (χ2n) is 4.77. The number of carbonyl (C=O) groups is 2. The van der Waals surface area contributed by atoms with Crippen LogP contribution in [0.4, 0.5) is 0 Å². The Balaban J connectivity index is 2.24. The number of rotatable bonds is 4. The summed E-state index contributed by atoms with van der Waals surface area (Å²) >= 11 is 10.7. The molecule has 0 aromatic carbocycles. The van der Waals surface area contributed by atoms with Crippen LogP contribution < -0.4 is 0 Å². The summed E-state index contributed by atoms with van der Waals surface area (Å²) in [5.74, 6) is 0. The second kappa shape index (κ2) is 6.08. The van der Waals surface area contributed by atoms with Gasteiger partial charge < -0.3 is 0 Å². The van der Waals surface area contributed by atoms with E-state index in [-0.39, 0.29) is 0 Å². The Kier molecular flexibility index (Phi) is 4.32. The van der Waals surface area contributed by atoms with Crippen molar-refractivity contribution >= 4 is 58.2 Å². The zero-order chi connectivity index (χ0) is 15.9. The van der Waals surface area contributed by atoms with Crippen molar-refractivity contribution in [1.29, 1.82) is 0 Å². The molecule has 2 nitrogen and oxygen atoms in total. The zero-order valence-electron chi connectivity index (χ0n) is 11.8. The number of carbonyl (C=O) groups excluding carboxylic acids is 2. The first-order chi connectivity index (χ1) is 10.6. The molecule has 0 aliphatic rings. The van der Waals surface area contributed by atoms with Crippen LogP contribution in [-0.4, -0.2) is 12.6 Å². The van der Waals surface area contributed by atoms with Gasteiger partial charge in [-0.15, -0.1) is 22.7 Å². The van der Waals surface area contributed by atoms with E-state index in [1.54, 1.807) is 11.3 Å². The van der Waals surface area contributed by atoms with Crippen molar-refractivity contribution in [3.63, 3.8) is 0 Å². The third kappa shape index (κ3) is 2.48. The quantitative estimate of drug-likeness (QED) is 0.523. The van der Waals surface area contributed by atoms with Gasteiger partial charge in [0.05, 0.1) is 10.4 Å². The molecule has 0 aliphatic heterocycles. The first-order valence-corrected chi connectivity index (χ1v) is 9.38. The zero-order valence-corrected chi connectivity index (χ0v) is 15.0. The van der Waals surface area contributed by atoms with Gasteiger partial charge in [0.25, 0.3) is 0 Å². The topological polar surface area (TPSA) is 34.1 Å². The Hall–Kier alpha value is -1.27. The highest BCUT2D eigenvalue weighted by Gasteiger charge is 2.21. The fourth-order valence-electron chi connectivity index (χ4n) is 2.50. The maximum atomic E-state index is 11.4. The summed E-state index contributed by atoms with van der Waals surface area (Å²) < 4.78 is 0.523. The molecule has 0 radical (unpaired) electrons. The first kappa shape index (κ1) is 15.6. The van der Waals surface area contributed by atoms with E-state index < -0.39 is 0 Å². The lowest BCUT2D eigenvalue weighted by atomic mass is 9.97. The van der Waals surface area contributed by atoms with Crippen LogP contribution in [0.3, 0.4) is 0 Å². The predicted molar refractivity (Wildman–Crippen MR) is 96.2 cm³/mol. The largest absolute Gasteiger partial charge is 0.298 e. The van der Waals surface area contributed by atoms with Crippen LogP contribution in [0.15, 0.2) is 16.8 Å². The van der Waals surface area contributed by atoms with Gasteiger partial charge in [0.15, 0.2) is 12.6 Å². The fourth-order valence-corrected chi connectivity index (χ4v) is 5.53. The fraction of sp³-hybridized carbons (Fsp3) is 0.125. The lowest BCUT2D eigenvalue weighted by Crippen LogP contribution is -1.86. The molecule has 0 atom stereocenters. The molecule has 3 rings (SSSR count). The smallest absolute Gasteiger partial charge is 0.160 e. The van der Waals surface area contributed by atoms with Gasteiger partial charge in [-0.1, -0.05) is 11.6 Å². The van der Waals surface area contributed by atoms with Gasteiger partial charge in [-0.2, -0.15) is 11.3 Å². The highest BCUT2D eigenvalue weighted by atomic mass is 35.5. The van der Waals surface area contributed by atoms with E-state index in [1.807, 2.05) is 25.3 Å². The molecular formula is C16H11ClO2S3. The van der Waals surface area contributed by atoms with Gasteiger partial charge in [-0.3, -0.25) is 9.59 Å². The second-order valence-corrected chi connectivity index (χ2v) is 8.63. The van der Waals surface area contributed by atoms with E-state index in [4.69, 9.17) is 11.6 Å². The molecule has 3 aromatic rings. The standard InChI is InChI=1S/C16H11ClO2S3/c1-8-11(3-10(4-18)21-8)13-6-20-7-14(13)15-9(2)22-16(17)12(15)5-19/h3-7H,1-2H3. The first-order valence-electron chi connectivity index (χ1n) is 6.43. The molecule has 0 N–H and O–H groups in total. The molecule has 0 bridgehead atoms. The third-order valence-electron chi connectivity index (χ3n) is 3.47. The molecule has 0 spiro atoms. The van der Waals surface area contributed by atoms with Crippen molar-refractivity contribution in [1.82, 2.24) is 0 Å². The van der Waals surface area contributed by atoms with Crippen LogP contribution in [0.2, 0.25) is 4.34 Å². The summed E-state index contributed by atoms with van der Waals surface area (Å²) in [5.41, 5.74) is 4.55. The van der Waals surface area contributed by atoms with E-state index in [0.717, 1.165) is 44.6 Å². The molecule has 3 aromatic heterocycles. The highest BCUT2D eigenvalue weighted by Crippen LogP contribution is 2.45. The van der Waals surface area contributed by atoms with E-state index >= 15 is 0 Å². The molecular weight excluding hydrogens is 356 g/mol. The Morgan fingerprint density at radius 3 is 2.32 bits per heavy atom. The van der Waals surface area contributed by atoms with E-state index in [0.29, 0.717) is 14.8 Å². The van der Waals surface area contributed by atoms with Crippen molar-refractivity contribution in [2.75, 3.05) is 0 Å². The molecule has 0 unspecified atom stereocenters. The maximum Gasteiger partial charge on any atom is 0.160 e. The number of thiophene rings is 3.